The lowest BCUT2D eigenvalue weighted by Gasteiger charge is -2.34. The lowest BCUT2D eigenvalue weighted by Crippen LogP contribution is -2.50. The highest BCUT2D eigenvalue weighted by Gasteiger charge is 2.30. The van der Waals surface area contributed by atoms with Crippen LogP contribution in [0.4, 0.5) is 5.69 Å². The van der Waals surface area contributed by atoms with E-state index < -0.39 is 10.0 Å². The normalized spacial score (nSPS) is 15.5. The summed E-state index contributed by atoms with van der Waals surface area (Å²) in [5.41, 5.74) is 3.67. The smallest absolute Gasteiger partial charge is 0.253 e. The Bertz CT molecular complexity index is 961. The average molecular weight is 402 g/mol. The Balaban J connectivity index is 1.68. The molecule has 1 amide bonds. The summed E-state index contributed by atoms with van der Waals surface area (Å²) in [5, 5.41) is 0. The van der Waals surface area contributed by atoms with Crippen LogP contribution >= 0.6 is 0 Å². The zero-order valence-electron chi connectivity index (χ0n) is 16.8. The van der Waals surface area contributed by atoms with Crippen molar-refractivity contribution in [1.82, 2.24) is 9.21 Å². The minimum absolute atomic E-state index is 0.0615. The highest BCUT2D eigenvalue weighted by Crippen LogP contribution is 2.21. The fourth-order valence-electron chi connectivity index (χ4n) is 3.24. The predicted octanol–water partition coefficient (Wildman–Crippen LogP) is 2.52. The number of anilines is 1. The number of hydrogen-bond acceptors (Lipinski definition) is 4. The maximum absolute atomic E-state index is 12.9. The molecule has 0 spiro atoms. The van der Waals surface area contributed by atoms with Gasteiger partial charge in [0.15, 0.2) is 0 Å². The Morgan fingerprint density at radius 2 is 1.50 bits per heavy atom. The standard InChI is InChI=1S/C21H27N3O3S/c1-16-5-10-20(15-17(16)2)28(26,27)24-13-11-23(12-14-24)21(25)18-6-8-19(9-7-18)22(3)4/h5-10,15H,11-14H2,1-4H3. The zero-order valence-corrected chi connectivity index (χ0v) is 17.7. The summed E-state index contributed by atoms with van der Waals surface area (Å²) >= 11 is 0. The molecule has 0 unspecified atom stereocenters. The third kappa shape index (κ3) is 4.05. The number of sulfonamides is 1. The molecule has 1 aliphatic rings. The van der Waals surface area contributed by atoms with Gasteiger partial charge in [0, 0.05) is 51.5 Å². The van der Waals surface area contributed by atoms with Gasteiger partial charge in [0.2, 0.25) is 10.0 Å². The van der Waals surface area contributed by atoms with E-state index in [9.17, 15) is 13.2 Å². The summed E-state index contributed by atoms with van der Waals surface area (Å²) < 4.78 is 27.3. The summed E-state index contributed by atoms with van der Waals surface area (Å²) in [6, 6.07) is 12.7. The van der Waals surface area contributed by atoms with Crippen LogP contribution in [-0.2, 0) is 10.0 Å². The molecule has 0 aliphatic carbocycles. The zero-order chi connectivity index (χ0) is 20.5. The molecule has 0 saturated carbocycles. The molecule has 1 aliphatic heterocycles. The monoisotopic (exact) mass is 401 g/mol. The Kier molecular flexibility index (Phi) is 5.76. The number of nitrogens with zero attached hydrogens (tertiary/aromatic N) is 3. The quantitative estimate of drug-likeness (QED) is 0.790. The highest BCUT2D eigenvalue weighted by atomic mass is 32.2. The number of piperazine rings is 1. The number of aryl methyl sites for hydroxylation is 2. The number of carbonyl (C=O) groups excluding carboxylic acids is 1. The van der Waals surface area contributed by atoms with Crippen molar-refractivity contribution in [3.05, 3.63) is 59.2 Å². The number of carbonyl (C=O) groups is 1. The van der Waals surface area contributed by atoms with Crippen molar-refractivity contribution in [3.8, 4) is 0 Å². The first-order valence-corrected chi connectivity index (χ1v) is 10.8. The molecular formula is C21H27N3O3S. The van der Waals surface area contributed by atoms with Crippen LogP contribution in [0.1, 0.15) is 21.5 Å². The van der Waals surface area contributed by atoms with E-state index >= 15 is 0 Å². The second-order valence-electron chi connectivity index (χ2n) is 7.38. The van der Waals surface area contributed by atoms with E-state index in [1.165, 1.54) is 4.31 Å². The van der Waals surface area contributed by atoms with Gasteiger partial charge in [0.1, 0.15) is 0 Å². The van der Waals surface area contributed by atoms with E-state index in [0.29, 0.717) is 36.6 Å². The van der Waals surface area contributed by atoms with Crippen LogP contribution in [0.15, 0.2) is 47.4 Å². The first-order valence-electron chi connectivity index (χ1n) is 9.34. The molecule has 1 saturated heterocycles. The van der Waals surface area contributed by atoms with Crippen molar-refractivity contribution in [2.45, 2.75) is 18.7 Å². The number of amides is 1. The van der Waals surface area contributed by atoms with E-state index in [1.54, 1.807) is 17.0 Å². The molecule has 3 rings (SSSR count). The minimum atomic E-state index is -3.54. The van der Waals surface area contributed by atoms with Crippen molar-refractivity contribution < 1.29 is 13.2 Å². The molecular weight excluding hydrogens is 374 g/mol. The molecule has 2 aromatic carbocycles. The van der Waals surface area contributed by atoms with Crippen molar-refractivity contribution >= 4 is 21.6 Å². The summed E-state index contributed by atoms with van der Waals surface area (Å²) in [7, 11) is 0.360. The second kappa shape index (κ2) is 7.93. The molecule has 0 radical (unpaired) electrons. The van der Waals surface area contributed by atoms with Crippen LogP contribution in [0, 0.1) is 13.8 Å². The third-order valence-electron chi connectivity index (χ3n) is 5.27. The van der Waals surface area contributed by atoms with Crippen LogP contribution in [0.2, 0.25) is 0 Å². The van der Waals surface area contributed by atoms with Crippen molar-refractivity contribution in [1.29, 1.82) is 0 Å². The molecule has 150 valence electrons. The first kappa shape index (κ1) is 20.4. The maximum Gasteiger partial charge on any atom is 0.253 e. The molecule has 0 N–H and O–H groups in total. The van der Waals surface area contributed by atoms with E-state index in [2.05, 4.69) is 0 Å². The molecule has 0 atom stereocenters. The molecule has 6 nitrogen and oxygen atoms in total. The molecule has 1 heterocycles. The van der Waals surface area contributed by atoms with Gasteiger partial charge in [-0.1, -0.05) is 6.07 Å². The van der Waals surface area contributed by atoms with Gasteiger partial charge in [0.25, 0.3) is 5.91 Å². The van der Waals surface area contributed by atoms with Gasteiger partial charge < -0.3 is 9.80 Å². The van der Waals surface area contributed by atoms with Gasteiger partial charge in [0.05, 0.1) is 4.90 Å². The first-order chi connectivity index (χ1) is 13.2. The van der Waals surface area contributed by atoms with Crippen LogP contribution < -0.4 is 4.90 Å². The Morgan fingerprint density at radius 3 is 2.04 bits per heavy atom. The van der Waals surface area contributed by atoms with Crippen molar-refractivity contribution in [3.63, 3.8) is 0 Å². The largest absolute Gasteiger partial charge is 0.378 e. The highest BCUT2D eigenvalue weighted by molar-refractivity contribution is 7.89. The molecule has 1 fully saturated rings. The summed E-state index contributed by atoms with van der Waals surface area (Å²) in [4.78, 5) is 16.7. The van der Waals surface area contributed by atoms with E-state index in [4.69, 9.17) is 0 Å². The molecule has 2 aromatic rings. The van der Waals surface area contributed by atoms with Gasteiger partial charge in [-0.05, 0) is 61.4 Å². The van der Waals surface area contributed by atoms with Crippen LogP contribution in [0.25, 0.3) is 0 Å². The van der Waals surface area contributed by atoms with Gasteiger partial charge in [-0.2, -0.15) is 4.31 Å². The average Bonchev–Trinajstić information content (AvgIpc) is 2.69. The van der Waals surface area contributed by atoms with Crippen LogP contribution in [-0.4, -0.2) is 63.8 Å². The maximum atomic E-state index is 12.9. The molecule has 28 heavy (non-hydrogen) atoms. The number of hydrogen-bond donors (Lipinski definition) is 0. The van der Waals surface area contributed by atoms with E-state index in [1.807, 2.05) is 63.2 Å². The molecule has 7 heteroatoms. The SMILES string of the molecule is Cc1ccc(S(=O)(=O)N2CCN(C(=O)c3ccc(N(C)C)cc3)CC2)cc1C. The van der Waals surface area contributed by atoms with Crippen LogP contribution in [0.3, 0.4) is 0 Å². The fourth-order valence-corrected chi connectivity index (χ4v) is 4.75. The third-order valence-corrected chi connectivity index (χ3v) is 7.17. The second-order valence-corrected chi connectivity index (χ2v) is 9.32. The summed E-state index contributed by atoms with van der Waals surface area (Å²) in [5.74, 6) is -0.0615. The lowest BCUT2D eigenvalue weighted by atomic mass is 10.1. The van der Waals surface area contributed by atoms with E-state index in [-0.39, 0.29) is 5.91 Å². The van der Waals surface area contributed by atoms with Crippen molar-refractivity contribution in [2.24, 2.45) is 0 Å². The van der Waals surface area contributed by atoms with Gasteiger partial charge >= 0.3 is 0 Å². The number of rotatable bonds is 4. The Labute approximate surface area is 167 Å². The van der Waals surface area contributed by atoms with Gasteiger partial charge in [-0.25, -0.2) is 8.42 Å². The van der Waals surface area contributed by atoms with E-state index in [0.717, 1.165) is 16.8 Å². The summed E-state index contributed by atoms with van der Waals surface area (Å²) in [6.45, 7) is 5.25. The minimum Gasteiger partial charge on any atom is -0.378 e. The molecule has 0 bridgehead atoms. The lowest BCUT2D eigenvalue weighted by molar-refractivity contribution is 0.0698. The number of benzene rings is 2. The Hall–Kier alpha value is -2.38. The van der Waals surface area contributed by atoms with Crippen molar-refractivity contribution in [2.75, 3.05) is 45.2 Å². The fraction of sp³-hybridized carbons (Fsp3) is 0.381. The molecule has 0 aromatic heterocycles. The van der Waals surface area contributed by atoms with Gasteiger partial charge in [-0.3, -0.25) is 4.79 Å². The topological polar surface area (TPSA) is 60.9 Å². The summed E-state index contributed by atoms with van der Waals surface area (Å²) in [6.07, 6.45) is 0. The van der Waals surface area contributed by atoms with Gasteiger partial charge in [-0.15, -0.1) is 0 Å². The Morgan fingerprint density at radius 1 is 0.893 bits per heavy atom. The van der Waals surface area contributed by atoms with Crippen LogP contribution in [0.5, 0.6) is 0 Å². The predicted molar refractivity (Wildman–Crippen MR) is 111 cm³/mol.